The molecule has 6 aromatic rings. The number of unbranched alkanes of at least 4 members (excludes halogenated alkanes) is 1. The molecule has 0 radical (unpaired) electrons. The Hall–Kier alpha value is -3.95. The molecule has 3 aromatic carbocycles. The van der Waals surface area contributed by atoms with Crippen LogP contribution in [-0.4, -0.2) is 19.3 Å². The Morgan fingerprint density at radius 3 is 2.26 bits per heavy atom. The topological polar surface area (TPSA) is 44.9 Å². The summed E-state index contributed by atoms with van der Waals surface area (Å²) in [6, 6.07) is 28.8. The third-order valence-electron chi connectivity index (χ3n) is 12.0. The third kappa shape index (κ3) is 8.47. The van der Waals surface area contributed by atoms with Crippen LogP contribution >= 0.6 is 0 Å². The largest absolute Gasteiger partial charge is 2.00 e. The molecule has 0 saturated carbocycles. The summed E-state index contributed by atoms with van der Waals surface area (Å²) in [5.74, 6) is 3.50. The molecule has 302 valence electrons. The van der Waals surface area contributed by atoms with Crippen molar-refractivity contribution in [3.63, 3.8) is 0 Å². The van der Waals surface area contributed by atoms with Gasteiger partial charge in [-0.25, -0.2) is 4.98 Å². The SMILES string of the molecule is CCCCc1ccnc(-n2c3[c-]c(Oc4[c-]c(-n5nc(C)c(C6C(C(C)(C)C)=C[C@H](C)C[C@@H]6C(C)(C)C)c5C)cc(C(C)(C)C)c4)ccc3c3ccccc32)c1.[Pt+2]. The van der Waals surface area contributed by atoms with Gasteiger partial charge in [-0.1, -0.05) is 118 Å². The molecule has 0 amide bonds. The number of ether oxygens (including phenoxy) is 1. The first-order valence-corrected chi connectivity index (χ1v) is 20.8. The van der Waals surface area contributed by atoms with Gasteiger partial charge in [-0.05, 0) is 96.0 Å². The van der Waals surface area contributed by atoms with E-state index in [9.17, 15) is 0 Å². The summed E-state index contributed by atoms with van der Waals surface area (Å²) in [4.78, 5) is 4.86. The number of aromatic nitrogens is 4. The van der Waals surface area contributed by atoms with Gasteiger partial charge in [0.05, 0.1) is 5.69 Å². The fourth-order valence-electron chi connectivity index (χ4n) is 9.04. The maximum Gasteiger partial charge on any atom is 2.00 e. The molecule has 1 unspecified atom stereocenters. The number of hydrogen-bond acceptors (Lipinski definition) is 3. The van der Waals surface area contributed by atoms with Crippen molar-refractivity contribution in [2.45, 2.75) is 127 Å². The smallest absolute Gasteiger partial charge is 0.509 e. The minimum absolute atomic E-state index is 0. The quantitative estimate of drug-likeness (QED) is 0.113. The van der Waals surface area contributed by atoms with Crippen LogP contribution in [0.3, 0.4) is 0 Å². The molecule has 6 heteroatoms. The molecular formula is C51H62N4OPt. The van der Waals surface area contributed by atoms with E-state index in [1.54, 1.807) is 0 Å². The van der Waals surface area contributed by atoms with Crippen LogP contribution in [0.2, 0.25) is 0 Å². The second-order valence-corrected chi connectivity index (χ2v) is 19.6. The predicted molar refractivity (Wildman–Crippen MR) is 234 cm³/mol. The van der Waals surface area contributed by atoms with E-state index >= 15 is 0 Å². The molecule has 0 N–H and O–H groups in total. The molecule has 57 heavy (non-hydrogen) atoms. The minimum Gasteiger partial charge on any atom is -0.509 e. The van der Waals surface area contributed by atoms with Gasteiger partial charge in [0.1, 0.15) is 5.82 Å². The molecule has 1 aliphatic carbocycles. The Kier molecular flexibility index (Phi) is 12.0. The van der Waals surface area contributed by atoms with E-state index in [1.807, 2.05) is 12.3 Å². The van der Waals surface area contributed by atoms with Crippen LogP contribution in [0.1, 0.15) is 129 Å². The van der Waals surface area contributed by atoms with Gasteiger partial charge in [-0.2, -0.15) is 11.2 Å². The number of benzene rings is 3. The fraction of sp³-hybridized carbons (Fsp3) is 0.451. The predicted octanol–water partition coefficient (Wildman–Crippen LogP) is 13.8. The molecule has 5 nitrogen and oxygen atoms in total. The monoisotopic (exact) mass is 941 g/mol. The summed E-state index contributed by atoms with van der Waals surface area (Å²) < 4.78 is 11.1. The molecule has 3 atom stereocenters. The molecule has 0 fully saturated rings. The van der Waals surface area contributed by atoms with E-state index in [2.05, 4.69) is 172 Å². The van der Waals surface area contributed by atoms with Crippen molar-refractivity contribution < 1.29 is 25.8 Å². The first-order chi connectivity index (χ1) is 26.3. The molecule has 0 saturated heterocycles. The summed E-state index contributed by atoms with van der Waals surface area (Å²) in [7, 11) is 0. The van der Waals surface area contributed by atoms with Gasteiger partial charge in [-0.15, -0.1) is 41.3 Å². The van der Waals surface area contributed by atoms with Gasteiger partial charge in [0, 0.05) is 40.4 Å². The Balaban J connectivity index is 0.00000549. The number of pyridine rings is 1. The molecule has 0 spiro atoms. The number of aryl methyl sites for hydroxylation is 2. The van der Waals surface area contributed by atoms with Crippen LogP contribution < -0.4 is 4.74 Å². The Morgan fingerprint density at radius 2 is 1.58 bits per heavy atom. The van der Waals surface area contributed by atoms with Crippen LogP contribution in [0, 0.1) is 48.6 Å². The molecular weight excluding hydrogens is 880 g/mol. The zero-order valence-electron chi connectivity index (χ0n) is 36.5. The van der Waals surface area contributed by atoms with Crippen LogP contribution in [0.5, 0.6) is 11.5 Å². The number of nitrogens with zero attached hydrogens (tertiary/aromatic N) is 4. The molecule has 1 aliphatic rings. The Bertz CT molecular complexity index is 2430. The molecule has 0 aliphatic heterocycles. The second-order valence-electron chi connectivity index (χ2n) is 19.6. The van der Waals surface area contributed by atoms with E-state index in [-0.39, 0.29) is 43.2 Å². The van der Waals surface area contributed by atoms with Crippen LogP contribution in [0.4, 0.5) is 0 Å². The maximum atomic E-state index is 6.78. The number of para-hydroxylation sites is 1. The average Bonchev–Trinajstić information content (AvgIpc) is 3.61. The zero-order chi connectivity index (χ0) is 40.3. The van der Waals surface area contributed by atoms with E-state index in [0.717, 1.165) is 58.4 Å². The summed E-state index contributed by atoms with van der Waals surface area (Å²) in [6.45, 7) is 30.2. The van der Waals surface area contributed by atoms with Gasteiger partial charge < -0.3 is 9.30 Å². The fourth-order valence-corrected chi connectivity index (χ4v) is 9.04. The van der Waals surface area contributed by atoms with E-state index in [4.69, 9.17) is 14.8 Å². The molecule has 0 bridgehead atoms. The van der Waals surface area contributed by atoms with Crippen molar-refractivity contribution in [1.29, 1.82) is 0 Å². The summed E-state index contributed by atoms with van der Waals surface area (Å²) in [6.07, 6.45) is 9.00. The summed E-state index contributed by atoms with van der Waals surface area (Å²) >= 11 is 0. The van der Waals surface area contributed by atoms with Gasteiger partial charge in [0.25, 0.3) is 0 Å². The van der Waals surface area contributed by atoms with Crippen molar-refractivity contribution in [3.05, 3.63) is 119 Å². The average molecular weight is 942 g/mol. The number of allylic oxidation sites excluding steroid dienone is 2. The van der Waals surface area contributed by atoms with E-state index in [0.29, 0.717) is 23.3 Å². The van der Waals surface area contributed by atoms with E-state index in [1.165, 1.54) is 34.2 Å². The number of rotatable bonds is 8. The Morgan fingerprint density at radius 1 is 0.842 bits per heavy atom. The van der Waals surface area contributed by atoms with Crippen molar-refractivity contribution in [3.8, 4) is 23.0 Å². The van der Waals surface area contributed by atoms with E-state index < -0.39 is 0 Å². The first-order valence-electron chi connectivity index (χ1n) is 20.8. The normalized spacial score (nSPS) is 17.8. The van der Waals surface area contributed by atoms with Crippen molar-refractivity contribution in [2.75, 3.05) is 0 Å². The second kappa shape index (κ2) is 16.0. The number of hydrogen-bond donors (Lipinski definition) is 0. The van der Waals surface area contributed by atoms with Gasteiger partial charge >= 0.3 is 21.1 Å². The summed E-state index contributed by atoms with van der Waals surface area (Å²) in [5, 5.41) is 7.58. The third-order valence-corrected chi connectivity index (χ3v) is 12.0. The van der Waals surface area contributed by atoms with Crippen molar-refractivity contribution in [2.24, 2.45) is 22.7 Å². The van der Waals surface area contributed by atoms with Crippen LogP contribution in [0.15, 0.2) is 78.5 Å². The standard InChI is InChI=1S/C51H62N4O.Pt/c1-14-15-18-35-23-24-52-46(27-35)54-44-20-17-16-19-40(44)41-22-21-38(31-45(41)54)56-39-29-36(49(5,6)7)28-37(30-39)55-34(4)47(33(3)53-55)48-42(50(8,9)10)25-32(2)26-43(48)51(11,12)13;/h16-17,19-25,27-29,32,43,48H,14-15,18,26H2,1-13H3;/q-2;+2/t32-,43-,48?;/m0./s1. The molecule has 7 rings (SSSR count). The molecule has 3 heterocycles. The van der Waals surface area contributed by atoms with Crippen molar-refractivity contribution in [1.82, 2.24) is 19.3 Å². The minimum atomic E-state index is -0.131. The summed E-state index contributed by atoms with van der Waals surface area (Å²) in [5.41, 5.74) is 10.6. The zero-order valence-corrected chi connectivity index (χ0v) is 38.8. The maximum absolute atomic E-state index is 6.78. The van der Waals surface area contributed by atoms with Crippen LogP contribution in [-0.2, 0) is 32.9 Å². The Labute approximate surface area is 356 Å². The van der Waals surface area contributed by atoms with Gasteiger partial charge in [0.15, 0.2) is 0 Å². The van der Waals surface area contributed by atoms with Crippen molar-refractivity contribution >= 4 is 21.8 Å². The first kappa shape index (κ1) is 42.6. The van der Waals surface area contributed by atoms with Gasteiger partial charge in [0.2, 0.25) is 0 Å². The number of fused-ring (bicyclic) bond motifs is 3. The van der Waals surface area contributed by atoms with Gasteiger partial charge in [-0.3, -0.25) is 4.68 Å². The molecule has 3 aromatic heterocycles. The van der Waals surface area contributed by atoms with Crippen LogP contribution in [0.25, 0.3) is 33.3 Å².